The third-order valence-corrected chi connectivity index (χ3v) is 5.27. The number of carbonyl (C=O) groups excluding carboxylic acids is 2. The summed E-state index contributed by atoms with van der Waals surface area (Å²) in [5.41, 5.74) is 2.99. The van der Waals surface area contributed by atoms with E-state index in [1.807, 2.05) is 24.3 Å². The Balaban J connectivity index is 1.34. The van der Waals surface area contributed by atoms with Crippen molar-refractivity contribution in [2.45, 2.75) is 23.8 Å². The maximum absolute atomic E-state index is 12.5. The zero-order valence-electron chi connectivity index (χ0n) is 15.0. The number of nitrogens with one attached hydrogen (secondary N) is 3. The summed E-state index contributed by atoms with van der Waals surface area (Å²) in [6, 6.07) is 14.6. The van der Waals surface area contributed by atoms with E-state index < -0.39 is 0 Å². The fourth-order valence-corrected chi connectivity index (χ4v) is 3.37. The molecule has 142 valence electrons. The van der Waals surface area contributed by atoms with Crippen molar-refractivity contribution in [3.05, 3.63) is 66.0 Å². The smallest absolute Gasteiger partial charge is 0.255 e. The summed E-state index contributed by atoms with van der Waals surface area (Å²) in [7, 11) is 0. The lowest BCUT2D eigenvalue weighted by Gasteiger charge is -2.09. The quantitative estimate of drug-likeness (QED) is 0.532. The molecule has 7 nitrogen and oxygen atoms in total. The second-order valence-corrected chi connectivity index (χ2v) is 7.54. The van der Waals surface area contributed by atoms with E-state index in [0.29, 0.717) is 16.9 Å². The largest absolute Gasteiger partial charge is 0.326 e. The highest BCUT2D eigenvalue weighted by molar-refractivity contribution is 7.98. The van der Waals surface area contributed by atoms with Gasteiger partial charge in [0.1, 0.15) is 6.33 Å². The molecule has 1 aromatic heterocycles. The minimum atomic E-state index is -0.194. The Hall–Kier alpha value is -3.13. The monoisotopic (exact) mass is 393 g/mol. The van der Waals surface area contributed by atoms with Crippen LogP contribution in [0.3, 0.4) is 0 Å². The van der Waals surface area contributed by atoms with E-state index in [1.54, 1.807) is 36.0 Å². The van der Waals surface area contributed by atoms with Gasteiger partial charge in [-0.1, -0.05) is 30.0 Å². The SMILES string of the molecule is O=C(Nc1cccc(NC(=O)C2CC2)c1)c1ccc(CSc2ncn[nH]2)cc1. The van der Waals surface area contributed by atoms with E-state index in [0.717, 1.165) is 29.3 Å². The van der Waals surface area contributed by atoms with E-state index in [-0.39, 0.29) is 17.7 Å². The first-order valence-corrected chi connectivity index (χ1v) is 9.95. The number of thioether (sulfide) groups is 1. The third kappa shape index (κ3) is 4.77. The number of amides is 2. The summed E-state index contributed by atoms with van der Waals surface area (Å²) in [5.74, 6) is 0.723. The van der Waals surface area contributed by atoms with E-state index >= 15 is 0 Å². The first-order chi connectivity index (χ1) is 13.7. The molecule has 0 spiro atoms. The van der Waals surface area contributed by atoms with Crippen LogP contribution >= 0.6 is 11.8 Å². The highest BCUT2D eigenvalue weighted by Crippen LogP contribution is 2.30. The van der Waals surface area contributed by atoms with Crippen LogP contribution in [0.4, 0.5) is 11.4 Å². The van der Waals surface area contributed by atoms with Crippen LogP contribution in [-0.4, -0.2) is 27.0 Å². The van der Waals surface area contributed by atoms with Crippen LogP contribution in [0.1, 0.15) is 28.8 Å². The maximum atomic E-state index is 12.5. The number of hydrogen-bond acceptors (Lipinski definition) is 5. The van der Waals surface area contributed by atoms with Gasteiger partial charge < -0.3 is 10.6 Å². The van der Waals surface area contributed by atoms with Crippen LogP contribution in [0.5, 0.6) is 0 Å². The zero-order chi connectivity index (χ0) is 19.3. The molecular formula is C20H19N5O2S. The molecule has 0 radical (unpaired) electrons. The zero-order valence-corrected chi connectivity index (χ0v) is 15.8. The van der Waals surface area contributed by atoms with Gasteiger partial charge in [-0.25, -0.2) is 4.98 Å². The number of hydrogen-bond donors (Lipinski definition) is 3. The maximum Gasteiger partial charge on any atom is 0.255 e. The van der Waals surface area contributed by atoms with Gasteiger partial charge in [0, 0.05) is 28.6 Å². The molecule has 1 aliphatic carbocycles. The molecule has 8 heteroatoms. The normalized spacial score (nSPS) is 13.1. The molecule has 4 rings (SSSR count). The molecule has 3 aromatic rings. The van der Waals surface area contributed by atoms with Crippen molar-refractivity contribution in [1.82, 2.24) is 15.2 Å². The highest BCUT2D eigenvalue weighted by Gasteiger charge is 2.29. The van der Waals surface area contributed by atoms with Crippen molar-refractivity contribution in [2.24, 2.45) is 5.92 Å². The molecular weight excluding hydrogens is 374 g/mol. The number of H-pyrrole nitrogens is 1. The number of nitrogens with zero attached hydrogens (tertiary/aromatic N) is 2. The van der Waals surface area contributed by atoms with Crippen LogP contribution in [0.2, 0.25) is 0 Å². The van der Waals surface area contributed by atoms with Crippen molar-refractivity contribution in [1.29, 1.82) is 0 Å². The summed E-state index contributed by atoms with van der Waals surface area (Å²) in [6.45, 7) is 0. The van der Waals surface area contributed by atoms with Crippen molar-refractivity contribution in [3.63, 3.8) is 0 Å². The standard InChI is InChI=1S/C20H19N5O2S/c26-18(14-6-4-13(5-7-14)11-28-20-21-12-22-25-20)23-16-2-1-3-17(10-16)24-19(27)15-8-9-15/h1-7,10,12,15H,8-9,11H2,(H,23,26)(H,24,27)(H,21,22,25). The van der Waals surface area contributed by atoms with Crippen molar-refractivity contribution < 1.29 is 9.59 Å². The number of anilines is 2. The van der Waals surface area contributed by atoms with Crippen molar-refractivity contribution in [3.8, 4) is 0 Å². The highest BCUT2D eigenvalue weighted by atomic mass is 32.2. The lowest BCUT2D eigenvalue weighted by molar-refractivity contribution is -0.117. The Labute approximate surface area is 166 Å². The van der Waals surface area contributed by atoms with Gasteiger partial charge in [0.15, 0.2) is 5.16 Å². The molecule has 1 heterocycles. The van der Waals surface area contributed by atoms with Gasteiger partial charge in [0.2, 0.25) is 5.91 Å². The lowest BCUT2D eigenvalue weighted by atomic mass is 10.1. The van der Waals surface area contributed by atoms with Gasteiger partial charge in [-0.3, -0.25) is 14.7 Å². The summed E-state index contributed by atoms with van der Waals surface area (Å²) in [4.78, 5) is 28.4. The van der Waals surface area contributed by atoms with Gasteiger partial charge in [0.25, 0.3) is 5.91 Å². The Morgan fingerprint density at radius 2 is 1.82 bits per heavy atom. The predicted molar refractivity (Wildman–Crippen MR) is 108 cm³/mol. The van der Waals surface area contributed by atoms with Crippen LogP contribution < -0.4 is 10.6 Å². The Bertz CT molecular complexity index is 969. The molecule has 1 aliphatic rings. The summed E-state index contributed by atoms with van der Waals surface area (Å²) >= 11 is 1.55. The predicted octanol–water partition coefficient (Wildman–Crippen LogP) is 3.70. The van der Waals surface area contributed by atoms with Crippen molar-refractivity contribution in [2.75, 3.05) is 10.6 Å². The molecule has 0 atom stereocenters. The summed E-state index contributed by atoms with van der Waals surface area (Å²) in [6.07, 6.45) is 3.38. The molecule has 0 bridgehead atoms. The lowest BCUT2D eigenvalue weighted by Crippen LogP contribution is -2.14. The number of aromatic nitrogens is 3. The van der Waals surface area contributed by atoms with Gasteiger partial charge >= 0.3 is 0 Å². The Morgan fingerprint density at radius 3 is 2.50 bits per heavy atom. The van der Waals surface area contributed by atoms with Crippen LogP contribution in [0, 0.1) is 5.92 Å². The van der Waals surface area contributed by atoms with E-state index in [2.05, 4.69) is 25.8 Å². The van der Waals surface area contributed by atoms with Gasteiger partial charge in [-0.15, -0.1) is 0 Å². The van der Waals surface area contributed by atoms with Crippen molar-refractivity contribution >= 4 is 35.0 Å². The Kier molecular flexibility index (Phi) is 5.38. The summed E-state index contributed by atoms with van der Waals surface area (Å²) in [5, 5.41) is 13.1. The molecule has 2 aromatic carbocycles. The van der Waals surface area contributed by atoms with Gasteiger partial charge in [-0.2, -0.15) is 5.10 Å². The van der Waals surface area contributed by atoms with Crippen LogP contribution in [0.15, 0.2) is 60.0 Å². The number of benzene rings is 2. The Morgan fingerprint density at radius 1 is 1.07 bits per heavy atom. The molecule has 0 unspecified atom stereocenters. The third-order valence-electron chi connectivity index (χ3n) is 4.32. The molecule has 1 saturated carbocycles. The average molecular weight is 393 g/mol. The molecule has 28 heavy (non-hydrogen) atoms. The molecule has 0 aliphatic heterocycles. The summed E-state index contributed by atoms with van der Waals surface area (Å²) < 4.78 is 0. The fraction of sp³-hybridized carbons (Fsp3) is 0.200. The van der Waals surface area contributed by atoms with Gasteiger partial charge in [-0.05, 0) is 48.7 Å². The first-order valence-electron chi connectivity index (χ1n) is 8.97. The molecule has 0 saturated heterocycles. The molecule has 2 amide bonds. The van der Waals surface area contributed by atoms with Crippen LogP contribution in [-0.2, 0) is 10.5 Å². The molecule has 1 fully saturated rings. The number of carbonyl (C=O) groups is 2. The average Bonchev–Trinajstić information content (AvgIpc) is 3.43. The topological polar surface area (TPSA) is 99.8 Å². The molecule has 3 N–H and O–H groups in total. The second kappa shape index (κ2) is 8.26. The number of aromatic amines is 1. The second-order valence-electron chi connectivity index (χ2n) is 6.57. The number of rotatable bonds is 7. The van der Waals surface area contributed by atoms with Crippen LogP contribution in [0.25, 0.3) is 0 Å². The van der Waals surface area contributed by atoms with E-state index in [9.17, 15) is 9.59 Å². The van der Waals surface area contributed by atoms with E-state index in [4.69, 9.17) is 0 Å². The first kappa shape index (κ1) is 18.2. The fourth-order valence-electron chi connectivity index (χ4n) is 2.64. The van der Waals surface area contributed by atoms with E-state index in [1.165, 1.54) is 6.33 Å². The minimum Gasteiger partial charge on any atom is -0.326 e. The minimum absolute atomic E-state index is 0.0438. The van der Waals surface area contributed by atoms with Gasteiger partial charge in [0.05, 0.1) is 0 Å².